The molecular formula is C27H28ClN3O3S. The number of rotatable bonds is 5. The van der Waals surface area contributed by atoms with Crippen LogP contribution in [-0.2, 0) is 13.0 Å². The minimum absolute atomic E-state index is 0. The normalized spacial score (nSPS) is 20.8. The third-order valence-electron chi connectivity index (χ3n) is 7.48. The molecule has 1 unspecified atom stereocenters. The van der Waals surface area contributed by atoms with E-state index in [-0.39, 0.29) is 29.7 Å². The summed E-state index contributed by atoms with van der Waals surface area (Å²) in [7, 11) is 1.73. The number of nitrogens with one attached hydrogen (secondary N) is 2. The molecule has 182 valence electrons. The summed E-state index contributed by atoms with van der Waals surface area (Å²) in [4.78, 5) is 30.0. The number of hydrogen-bond acceptors (Lipinski definition) is 5. The van der Waals surface area contributed by atoms with Crippen molar-refractivity contribution in [3.05, 3.63) is 86.6 Å². The maximum absolute atomic E-state index is 13.3. The Hall–Kier alpha value is -2.87. The molecule has 2 aromatic carbocycles. The average molecular weight is 510 g/mol. The molecule has 1 fully saturated rings. The van der Waals surface area contributed by atoms with Gasteiger partial charge >= 0.3 is 5.69 Å². The van der Waals surface area contributed by atoms with Crippen molar-refractivity contribution < 1.29 is 4.74 Å². The zero-order valence-electron chi connectivity index (χ0n) is 19.5. The van der Waals surface area contributed by atoms with Crippen molar-refractivity contribution in [3.8, 4) is 16.2 Å². The Morgan fingerprint density at radius 1 is 1.11 bits per heavy atom. The van der Waals surface area contributed by atoms with Crippen LogP contribution in [0.4, 0.5) is 0 Å². The van der Waals surface area contributed by atoms with Crippen LogP contribution in [0.3, 0.4) is 0 Å². The zero-order chi connectivity index (χ0) is 23.2. The van der Waals surface area contributed by atoms with Gasteiger partial charge in [-0.25, -0.2) is 4.79 Å². The first-order valence-electron chi connectivity index (χ1n) is 11.9. The van der Waals surface area contributed by atoms with E-state index in [4.69, 9.17) is 4.74 Å². The largest absolute Gasteiger partial charge is 0.496 e. The topological polar surface area (TPSA) is 76.1 Å². The lowest BCUT2D eigenvalue weighted by atomic mass is 9.73. The number of methoxy groups -OCH3 is 1. The molecule has 3 atom stereocenters. The number of thiophene rings is 1. The first kappa shape index (κ1) is 23.9. The van der Waals surface area contributed by atoms with Gasteiger partial charge in [0.25, 0.3) is 5.56 Å². The number of hydrogen-bond donors (Lipinski definition) is 2. The van der Waals surface area contributed by atoms with Crippen molar-refractivity contribution in [3.63, 3.8) is 0 Å². The fourth-order valence-corrected chi connectivity index (χ4v) is 6.93. The number of aromatic nitrogens is 2. The summed E-state index contributed by atoms with van der Waals surface area (Å²) in [6.07, 6.45) is 2.89. The molecule has 6 rings (SSSR count). The molecule has 2 aliphatic rings. The minimum Gasteiger partial charge on any atom is -0.496 e. The van der Waals surface area contributed by atoms with Gasteiger partial charge in [-0.05, 0) is 60.5 Å². The van der Waals surface area contributed by atoms with E-state index in [0.29, 0.717) is 28.6 Å². The summed E-state index contributed by atoms with van der Waals surface area (Å²) in [6.45, 7) is 1.37. The molecule has 8 heteroatoms. The quantitative estimate of drug-likeness (QED) is 0.413. The van der Waals surface area contributed by atoms with E-state index in [2.05, 4.69) is 22.4 Å². The Morgan fingerprint density at radius 3 is 2.74 bits per heavy atom. The molecular weight excluding hydrogens is 482 g/mol. The fourth-order valence-electron chi connectivity index (χ4n) is 5.86. The molecule has 0 radical (unpaired) electrons. The standard InChI is InChI=1S/C27H27N3O3S.ClH/c1-33-22-9-5-8-19-18(22)11-10-17-15-28-20(24(17)19)12-13-30-26(31)25-21(29-27(30)32)14-23(34-25)16-6-3-2-4-7-16;/h2-9,14,17,20,24,28H,10-13,15H2,1H3,(H,29,32);1H/t17-,20?,24+;/m0./s1. The van der Waals surface area contributed by atoms with Crippen molar-refractivity contribution >= 4 is 34.0 Å². The Morgan fingerprint density at radius 2 is 1.94 bits per heavy atom. The first-order valence-corrected chi connectivity index (χ1v) is 12.7. The van der Waals surface area contributed by atoms with E-state index in [0.717, 1.165) is 42.0 Å². The summed E-state index contributed by atoms with van der Waals surface area (Å²) in [5.74, 6) is 1.92. The van der Waals surface area contributed by atoms with E-state index < -0.39 is 0 Å². The second-order valence-corrected chi connectivity index (χ2v) is 10.3. The molecule has 1 aliphatic heterocycles. The van der Waals surface area contributed by atoms with Crippen LogP contribution in [0.2, 0.25) is 0 Å². The van der Waals surface area contributed by atoms with Crippen LogP contribution in [0.15, 0.2) is 64.2 Å². The third kappa shape index (κ3) is 4.11. The molecule has 0 amide bonds. The minimum atomic E-state index is -0.338. The molecule has 2 N–H and O–H groups in total. The third-order valence-corrected chi connectivity index (χ3v) is 8.65. The SMILES string of the molecule is COc1cccc2c1CC[C@H]1CNC(CCn3c(=O)[nH]c4cc(-c5ccccc5)sc4c3=O)[C@@H]21.Cl. The molecule has 0 spiro atoms. The maximum Gasteiger partial charge on any atom is 0.328 e. The number of aromatic amines is 1. The van der Waals surface area contributed by atoms with Crippen molar-refractivity contribution in [2.45, 2.75) is 37.8 Å². The number of H-pyrrole nitrogens is 1. The maximum atomic E-state index is 13.3. The highest BCUT2D eigenvalue weighted by molar-refractivity contribution is 7.22. The van der Waals surface area contributed by atoms with Crippen LogP contribution in [0.5, 0.6) is 5.75 Å². The van der Waals surface area contributed by atoms with E-state index >= 15 is 0 Å². The van der Waals surface area contributed by atoms with Crippen molar-refractivity contribution in [2.75, 3.05) is 13.7 Å². The predicted octanol–water partition coefficient (Wildman–Crippen LogP) is 4.56. The summed E-state index contributed by atoms with van der Waals surface area (Å²) in [6, 6.07) is 18.4. The van der Waals surface area contributed by atoms with Gasteiger partial charge < -0.3 is 15.0 Å². The number of nitrogens with zero attached hydrogens (tertiary/aromatic N) is 1. The number of halogens is 1. The Kier molecular flexibility index (Phi) is 6.57. The second-order valence-electron chi connectivity index (χ2n) is 9.26. The zero-order valence-corrected chi connectivity index (χ0v) is 21.1. The lowest BCUT2D eigenvalue weighted by Gasteiger charge is -2.32. The molecule has 1 aliphatic carbocycles. The molecule has 6 nitrogen and oxygen atoms in total. The molecule has 0 bridgehead atoms. The lowest BCUT2D eigenvalue weighted by Crippen LogP contribution is -2.37. The smallest absolute Gasteiger partial charge is 0.328 e. The summed E-state index contributed by atoms with van der Waals surface area (Å²) < 4.78 is 7.60. The van der Waals surface area contributed by atoms with Gasteiger partial charge in [0.2, 0.25) is 0 Å². The lowest BCUT2D eigenvalue weighted by molar-refractivity contribution is 0.371. The van der Waals surface area contributed by atoms with Gasteiger partial charge in [0, 0.05) is 23.4 Å². The van der Waals surface area contributed by atoms with Gasteiger partial charge in [-0.3, -0.25) is 9.36 Å². The van der Waals surface area contributed by atoms with Crippen LogP contribution < -0.4 is 21.3 Å². The highest BCUT2D eigenvalue weighted by Gasteiger charge is 2.40. The fraction of sp³-hybridized carbons (Fsp3) is 0.333. The molecule has 1 saturated heterocycles. The second kappa shape index (κ2) is 9.64. The van der Waals surface area contributed by atoms with E-state index in [1.54, 1.807) is 7.11 Å². The van der Waals surface area contributed by atoms with Crippen molar-refractivity contribution in [2.24, 2.45) is 5.92 Å². The average Bonchev–Trinajstić information content (AvgIpc) is 3.48. The monoisotopic (exact) mass is 509 g/mol. The summed E-state index contributed by atoms with van der Waals surface area (Å²) in [5, 5.41) is 3.68. The van der Waals surface area contributed by atoms with E-state index in [1.165, 1.54) is 27.0 Å². The Bertz CT molecular complexity index is 1480. The van der Waals surface area contributed by atoms with Gasteiger partial charge in [0.1, 0.15) is 10.4 Å². The highest BCUT2D eigenvalue weighted by atomic mass is 35.5. The van der Waals surface area contributed by atoms with Gasteiger partial charge in [-0.15, -0.1) is 23.7 Å². The molecule has 4 aromatic rings. The number of ether oxygens (including phenoxy) is 1. The van der Waals surface area contributed by atoms with Crippen LogP contribution in [0.25, 0.3) is 20.7 Å². The Labute approximate surface area is 213 Å². The Balaban J connectivity index is 0.00000253. The summed E-state index contributed by atoms with van der Waals surface area (Å²) >= 11 is 1.44. The van der Waals surface area contributed by atoms with Gasteiger partial charge in [-0.1, -0.05) is 42.5 Å². The highest BCUT2D eigenvalue weighted by Crippen LogP contribution is 2.45. The van der Waals surface area contributed by atoms with Crippen LogP contribution in [-0.4, -0.2) is 29.2 Å². The van der Waals surface area contributed by atoms with Gasteiger partial charge in [0.05, 0.1) is 12.6 Å². The van der Waals surface area contributed by atoms with Gasteiger partial charge in [-0.2, -0.15) is 0 Å². The molecule has 3 heterocycles. The molecule has 2 aromatic heterocycles. The van der Waals surface area contributed by atoms with Gasteiger partial charge in [0.15, 0.2) is 0 Å². The van der Waals surface area contributed by atoms with Crippen LogP contribution >= 0.6 is 23.7 Å². The molecule has 0 saturated carbocycles. The van der Waals surface area contributed by atoms with E-state index in [1.807, 2.05) is 42.5 Å². The van der Waals surface area contributed by atoms with Crippen LogP contribution in [0.1, 0.15) is 29.9 Å². The predicted molar refractivity (Wildman–Crippen MR) is 143 cm³/mol. The first-order chi connectivity index (χ1) is 16.6. The number of benzene rings is 2. The number of fused-ring (bicyclic) bond motifs is 4. The molecule has 35 heavy (non-hydrogen) atoms. The van der Waals surface area contributed by atoms with E-state index in [9.17, 15) is 9.59 Å². The van der Waals surface area contributed by atoms with Crippen molar-refractivity contribution in [1.82, 2.24) is 14.9 Å². The van der Waals surface area contributed by atoms with Crippen LogP contribution in [0, 0.1) is 5.92 Å². The van der Waals surface area contributed by atoms with Crippen molar-refractivity contribution in [1.29, 1.82) is 0 Å². The summed E-state index contributed by atoms with van der Waals surface area (Å²) in [5.41, 5.74) is 3.78.